The summed E-state index contributed by atoms with van der Waals surface area (Å²) in [4.78, 5) is 8.69. The molecule has 21 heavy (non-hydrogen) atoms. The van der Waals surface area contributed by atoms with E-state index in [4.69, 9.17) is 4.74 Å². The topological polar surface area (TPSA) is 28.1 Å². The Kier molecular flexibility index (Phi) is 10.0. The normalized spacial score (nSPS) is 9.62. The average Bonchev–Trinajstić information content (AvgIpc) is 2.38. The number of methoxy groups -OCH3 is 1. The van der Waals surface area contributed by atoms with Crippen LogP contribution in [0.15, 0.2) is 27.7 Å². The van der Waals surface area contributed by atoms with Gasteiger partial charge in [-0.25, -0.2) is 0 Å². The van der Waals surface area contributed by atoms with E-state index in [1.165, 1.54) is 5.56 Å². The minimum absolute atomic E-state index is 0. The fraction of sp³-hybridized carbons (Fsp3) is 0.533. The van der Waals surface area contributed by atoms with Crippen molar-refractivity contribution in [1.29, 1.82) is 0 Å². The number of aryl methyl sites for hydroxylation is 1. The van der Waals surface area contributed by atoms with Gasteiger partial charge in [-0.3, -0.25) is 4.99 Å². The van der Waals surface area contributed by atoms with E-state index in [1.54, 1.807) is 7.11 Å². The minimum Gasteiger partial charge on any atom is -0.496 e. The standard InChI is InChI=1S/C15H24BrN3O.HI/c1-18(2)15(19(3)4)17-10-6-7-12-8-9-13(16)11-14(12)20-5;/h8-9,11H,6-7,10H2,1-5H3;1H. The molecule has 0 unspecified atom stereocenters. The summed E-state index contributed by atoms with van der Waals surface area (Å²) in [7, 11) is 9.75. The summed E-state index contributed by atoms with van der Waals surface area (Å²) in [5.41, 5.74) is 1.22. The molecule has 4 nitrogen and oxygen atoms in total. The number of ether oxygens (including phenoxy) is 1. The van der Waals surface area contributed by atoms with E-state index in [0.717, 1.165) is 35.6 Å². The van der Waals surface area contributed by atoms with Gasteiger partial charge in [0, 0.05) is 39.2 Å². The Balaban J connectivity index is 0.00000400. The molecular weight excluding hydrogens is 445 g/mol. The maximum Gasteiger partial charge on any atom is 0.195 e. The molecule has 1 rings (SSSR count). The highest BCUT2D eigenvalue weighted by Gasteiger charge is 2.05. The maximum atomic E-state index is 5.40. The molecule has 0 N–H and O–H groups in total. The number of nitrogens with zero attached hydrogens (tertiary/aromatic N) is 3. The van der Waals surface area contributed by atoms with Crippen LogP contribution < -0.4 is 4.74 Å². The zero-order chi connectivity index (χ0) is 15.1. The van der Waals surface area contributed by atoms with Crippen LogP contribution in [0.25, 0.3) is 0 Å². The predicted octanol–water partition coefficient (Wildman–Crippen LogP) is 3.49. The Bertz CT molecular complexity index is 454. The van der Waals surface area contributed by atoms with E-state index in [1.807, 2.05) is 50.1 Å². The molecule has 120 valence electrons. The molecule has 0 aliphatic rings. The zero-order valence-corrected chi connectivity index (χ0v) is 17.3. The van der Waals surface area contributed by atoms with Gasteiger partial charge in [-0.2, -0.15) is 0 Å². The monoisotopic (exact) mass is 469 g/mol. The lowest BCUT2D eigenvalue weighted by Crippen LogP contribution is -2.35. The highest BCUT2D eigenvalue weighted by Crippen LogP contribution is 2.24. The van der Waals surface area contributed by atoms with Crippen LogP contribution in [0.5, 0.6) is 5.75 Å². The Labute approximate surface area is 153 Å². The van der Waals surface area contributed by atoms with Crippen molar-refractivity contribution in [1.82, 2.24) is 9.80 Å². The van der Waals surface area contributed by atoms with E-state index in [-0.39, 0.29) is 24.0 Å². The molecule has 0 radical (unpaired) electrons. The van der Waals surface area contributed by atoms with Crippen molar-refractivity contribution in [3.63, 3.8) is 0 Å². The van der Waals surface area contributed by atoms with Crippen molar-refractivity contribution in [2.75, 3.05) is 41.8 Å². The minimum atomic E-state index is 0. The first kappa shape index (κ1) is 20.5. The van der Waals surface area contributed by atoms with Crippen LogP contribution >= 0.6 is 39.9 Å². The quantitative estimate of drug-likeness (QED) is 0.286. The second-order valence-corrected chi connectivity index (χ2v) is 5.95. The summed E-state index contributed by atoms with van der Waals surface area (Å²) in [6.07, 6.45) is 1.97. The Morgan fingerprint density at radius 3 is 2.33 bits per heavy atom. The molecule has 1 aromatic carbocycles. The van der Waals surface area contributed by atoms with Crippen LogP contribution in [0.2, 0.25) is 0 Å². The molecule has 0 spiro atoms. The molecule has 0 heterocycles. The number of hydrogen-bond acceptors (Lipinski definition) is 2. The first-order valence-corrected chi connectivity index (χ1v) is 7.46. The van der Waals surface area contributed by atoms with Gasteiger partial charge in [0.05, 0.1) is 7.11 Å². The number of halogens is 2. The number of hydrogen-bond donors (Lipinski definition) is 0. The lowest BCUT2D eigenvalue weighted by molar-refractivity contribution is 0.409. The van der Waals surface area contributed by atoms with Gasteiger partial charge in [0.25, 0.3) is 0 Å². The van der Waals surface area contributed by atoms with Gasteiger partial charge < -0.3 is 14.5 Å². The molecular formula is C15H25BrIN3O. The molecule has 0 bridgehead atoms. The van der Waals surface area contributed by atoms with Crippen molar-refractivity contribution in [3.05, 3.63) is 28.2 Å². The summed E-state index contributed by atoms with van der Waals surface area (Å²) in [5, 5.41) is 0. The van der Waals surface area contributed by atoms with Crippen LogP contribution in [0.1, 0.15) is 12.0 Å². The molecule has 0 amide bonds. The van der Waals surface area contributed by atoms with Crippen LogP contribution in [0.4, 0.5) is 0 Å². The summed E-state index contributed by atoms with van der Waals surface area (Å²) < 4.78 is 6.44. The second-order valence-electron chi connectivity index (χ2n) is 5.03. The summed E-state index contributed by atoms with van der Waals surface area (Å²) in [6.45, 7) is 0.810. The van der Waals surface area contributed by atoms with Crippen LogP contribution in [-0.2, 0) is 6.42 Å². The number of guanidine groups is 1. The fourth-order valence-corrected chi connectivity index (χ4v) is 2.40. The molecule has 0 aliphatic heterocycles. The van der Waals surface area contributed by atoms with E-state index in [0.29, 0.717) is 0 Å². The van der Waals surface area contributed by atoms with Gasteiger partial charge in [0.1, 0.15) is 5.75 Å². The molecule has 0 atom stereocenters. The van der Waals surface area contributed by atoms with E-state index in [9.17, 15) is 0 Å². The summed E-state index contributed by atoms with van der Waals surface area (Å²) in [6, 6.07) is 6.15. The summed E-state index contributed by atoms with van der Waals surface area (Å²) >= 11 is 3.46. The van der Waals surface area contributed by atoms with E-state index in [2.05, 4.69) is 27.0 Å². The molecule has 0 fully saturated rings. The largest absolute Gasteiger partial charge is 0.496 e. The Morgan fingerprint density at radius 2 is 1.81 bits per heavy atom. The van der Waals surface area contributed by atoms with Crippen molar-refractivity contribution >= 4 is 45.9 Å². The third-order valence-electron chi connectivity index (χ3n) is 2.91. The van der Waals surface area contributed by atoms with Gasteiger partial charge in [0.2, 0.25) is 0 Å². The van der Waals surface area contributed by atoms with Gasteiger partial charge in [0.15, 0.2) is 5.96 Å². The van der Waals surface area contributed by atoms with Gasteiger partial charge in [-0.1, -0.05) is 22.0 Å². The lowest BCUT2D eigenvalue weighted by atomic mass is 10.1. The Morgan fingerprint density at radius 1 is 1.19 bits per heavy atom. The highest BCUT2D eigenvalue weighted by atomic mass is 127. The molecule has 1 aromatic rings. The fourth-order valence-electron chi connectivity index (χ4n) is 2.06. The lowest BCUT2D eigenvalue weighted by Gasteiger charge is -2.22. The van der Waals surface area contributed by atoms with Crippen molar-refractivity contribution in [2.45, 2.75) is 12.8 Å². The van der Waals surface area contributed by atoms with E-state index < -0.39 is 0 Å². The third kappa shape index (κ3) is 6.86. The van der Waals surface area contributed by atoms with Gasteiger partial charge in [-0.05, 0) is 30.5 Å². The third-order valence-corrected chi connectivity index (χ3v) is 3.40. The Hall–Kier alpha value is -0.500. The van der Waals surface area contributed by atoms with Crippen LogP contribution in [0, 0.1) is 0 Å². The van der Waals surface area contributed by atoms with Crippen molar-refractivity contribution in [2.24, 2.45) is 4.99 Å². The smallest absolute Gasteiger partial charge is 0.195 e. The maximum absolute atomic E-state index is 5.40. The number of aliphatic imine (C=N–C) groups is 1. The van der Waals surface area contributed by atoms with Gasteiger partial charge in [-0.15, -0.1) is 24.0 Å². The molecule has 0 aliphatic carbocycles. The molecule has 6 heteroatoms. The van der Waals surface area contributed by atoms with Crippen molar-refractivity contribution in [3.8, 4) is 5.75 Å². The zero-order valence-electron chi connectivity index (χ0n) is 13.4. The second kappa shape index (κ2) is 10.3. The van der Waals surface area contributed by atoms with Crippen LogP contribution in [0.3, 0.4) is 0 Å². The first-order chi connectivity index (χ1) is 9.45. The van der Waals surface area contributed by atoms with Gasteiger partial charge >= 0.3 is 0 Å². The molecule has 0 aromatic heterocycles. The SMILES string of the molecule is COc1cc(Br)ccc1CCCN=C(N(C)C)N(C)C.I. The van der Waals surface area contributed by atoms with Crippen molar-refractivity contribution < 1.29 is 4.74 Å². The predicted molar refractivity (Wildman–Crippen MR) is 104 cm³/mol. The number of rotatable bonds is 5. The average molecular weight is 470 g/mol. The first-order valence-electron chi connectivity index (χ1n) is 6.67. The van der Waals surface area contributed by atoms with E-state index >= 15 is 0 Å². The van der Waals surface area contributed by atoms with Crippen LogP contribution in [-0.4, -0.2) is 57.6 Å². The number of benzene rings is 1. The highest BCUT2D eigenvalue weighted by molar-refractivity contribution is 14.0. The molecule has 0 saturated heterocycles. The summed E-state index contributed by atoms with van der Waals surface area (Å²) in [5.74, 6) is 1.93. The molecule has 0 saturated carbocycles.